The molecule has 1 fully saturated rings. The molecule has 0 radical (unpaired) electrons. The number of nitrogens with zero attached hydrogens (tertiary/aromatic N) is 3. The predicted molar refractivity (Wildman–Crippen MR) is 89.2 cm³/mol. The monoisotopic (exact) mass is 334 g/mol. The van der Waals surface area contributed by atoms with Crippen LogP contribution in [0.4, 0.5) is 0 Å². The van der Waals surface area contributed by atoms with Crippen molar-refractivity contribution in [3.05, 3.63) is 18.1 Å². The number of hydrogen-bond donors (Lipinski definition) is 1. The maximum absolute atomic E-state index is 12.3. The van der Waals surface area contributed by atoms with Gasteiger partial charge in [-0.15, -0.1) is 10.2 Å². The van der Waals surface area contributed by atoms with Crippen LogP contribution in [0, 0.1) is 6.92 Å². The zero-order valence-electron chi connectivity index (χ0n) is 13.7. The lowest BCUT2D eigenvalue weighted by molar-refractivity contribution is -0.120. The smallest absolute Gasteiger partial charge is 0.233 e. The van der Waals surface area contributed by atoms with Crippen LogP contribution in [0.15, 0.2) is 21.9 Å². The Morgan fingerprint density at radius 2 is 2.17 bits per heavy atom. The van der Waals surface area contributed by atoms with E-state index in [0.29, 0.717) is 6.04 Å². The average Bonchev–Trinajstić information content (AvgIpc) is 3.23. The lowest BCUT2D eigenvalue weighted by atomic mass is 10.2. The van der Waals surface area contributed by atoms with Gasteiger partial charge in [-0.1, -0.05) is 24.6 Å². The van der Waals surface area contributed by atoms with Crippen LogP contribution < -0.4 is 5.32 Å². The minimum Gasteiger partial charge on any atom is -0.469 e. The Balaban J connectivity index is 1.67. The van der Waals surface area contributed by atoms with Crippen molar-refractivity contribution in [1.82, 2.24) is 20.1 Å². The molecular weight excluding hydrogens is 312 g/mol. The van der Waals surface area contributed by atoms with E-state index >= 15 is 0 Å². The molecule has 6 nitrogen and oxygen atoms in total. The number of thioether (sulfide) groups is 1. The van der Waals surface area contributed by atoms with Crippen molar-refractivity contribution in [3.63, 3.8) is 0 Å². The van der Waals surface area contributed by atoms with E-state index in [0.717, 1.165) is 35.1 Å². The molecule has 1 saturated carbocycles. The Kier molecular flexibility index (Phi) is 4.75. The topological polar surface area (TPSA) is 72.9 Å². The van der Waals surface area contributed by atoms with E-state index in [9.17, 15) is 4.79 Å². The van der Waals surface area contributed by atoms with Crippen LogP contribution in [-0.2, 0) is 11.8 Å². The largest absolute Gasteiger partial charge is 0.469 e. The second-order valence-electron chi connectivity index (χ2n) is 6.01. The van der Waals surface area contributed by atoms with Gasteiger partial charge in [0.25, 0.3) is 0 Å². The van der Waals surface area contributed by atoms with Gasteiger partial charge in [0.2, 0.25) is 5.91 Å². The van der Waals surface area contributed by atoms with Gasteiger partial charge in [0.1, 0.15) is 5.76 Å². The SMILES string of the molecule is Cc1occc1-c1nnc(S[C@H](C)C(=O)NC2CCCC2)n1C. The van der Waals surface area contributed by atoms with Crippen molar-refractivity contribution in [1.29, 1.82) is 0 Å². The molecule has 3 rings (SSSR count). The van der Waals surface area contributed by atoms with Gasteiger partial charge in [0.05, 0.1) is 17.1 Å². The number of nitrogens with one attached hydrogen (secondary N) is 1. The fraction of sp³-hybridized carbons (Fsp3) is 0.562. The van der Waals surface area contributed by atoms with Gasteiger partial charge in [-0.25, -0.2) is 0 Å². The number of amides is 1. The number of hydrogen-bond acceptors (Lipinski definition) is 5. The lowest BCUT2D eigenvalue weighted by Crippen LogP contribution is -2.37. The molecule has 0 saturated heterocycles. The number of carbonyl (C=O) groups is 1. The summed E-state index contributed by atoms with van der Waals surface area (Å²) in [6, 6.07) is 2.22. The molecule has 23 heavy (non-hydrogen) atoms. The summed E-state index contributed by atoms with van der Waals surface area (Å²) in [6.07, 6.45) is 6.25. The fourth-order valence-corrected chi connectivity index (χ4v) is 3.69. The molecule has 1 atom stereocenters. The van der Waals surface area contributed by atoms with Crippen molar-refractivity contribution in [2.24, 2.45) is 7.05 Å². The molecule has 2 heterocycles. The van der Waals surface area contributed by atoms with Gasteiger partial charge in [0.15, 0.2) is 11.0 Å². The first-order valence-electron chi connectivity index (χ1n) is 7.97. The molecule has 1 aliphatic carbocycles. The first-order chi connectivity index (χ1) is 11.1. The molecule has 0 aromatic carbocycles. The molecule has 124 valence electrons. The summed E-state index contributed by atoms with van der Waals surface area (Å²) in [5, 5.41) is 12.1. The van der Waals surface area contributed by atoms with Crippen LogP contribution in [0.1, 0.15) is 38.4 Å². The maximum atomic E-state index is 12.3. The van der Waals surface area contributed by atoms with E-state index in [1.54, 1.807) is 6.26 Å². The summed E-state index contributed by atoms with van der Waals surface area (Å²) in [4.78, 5) is 12.3. The Hall–Kier alpha value is -1.76. The molecule has 1 N–H and O–H groups in total. The molecule has 1 aliphatic rings. The first-order valence-corrected chi connectivity index (χ1v) is 8.85. The van der Waals surface area contributed by atoms with E-state index in [2.05, 4.69) is 15.5 Å². The standard InChI is InChI=1S/C16H22N4O2S/c1-10-13(8-9-22-10)14-18-19-16(20(14)3)23-11(2)15(21)17-12-6-4-5-7-12/h8-9,11-12H,4-7H2,1-3H3,(H,17,21)/t11-/m1/s1. The third-order valence-corrected chi connectivity index (χ3v) is 5.42. The highest BCUT2D eigenvalue weighted by molar-refractivity contribution is 8.00. The van der Waals surface area contributed by atoms with E-state index in [-0.39, 0.29) is 11.2 Å². The summed E-state index contributed by atoms with van der Waals surface area (Å²) >= 11 is 1.43. The van der Waals surface area contributed by atoms with Crippen LogP contribution in [0.5, 0.6) is 0 Å². The average molecular weight is 334 g/mol. The van der Waals surface area contributed by atoms with Crippen LogP contribution in [0.2, 0.25) is 0 Å². The Morgan fingerprint density at radius 1 is 1.43 bits per heavy atom. The number of rotatable bonds is 5. The zero-order chi connectivity index (χ0) is 16.4. The highest BCUT2D eigenvalue weighted by atomic mass is 32.2. The van der Waals surface area contributed by atoms with E-state index in [1.165, 1.54) is 24.6 Å². The number of aryl methyl sites for hydroxylation is 1. The van der Waals surface area contributed by atoms with Crippen molar-refractivity contribution >= 4 is 17.7 Å². The molecule has 2 aromatic heterocycles. The molecule has 2 aromatic rings. The quantitative estimate of drug-likeness (QED) is 0.851. The van der Waals surface area contributed by atoms with Crippen molar-refractivity contribution in [3.8, 4) is 11.4 Å². The summed E-state index contributed by atoms with van der Waals surface area (Å²) in [5.41, 5.74) is 0.926. The minimum atomic E-state index is -0.197. The zero-order valence-corrected chi connectivity index (χ0v) is 14.5. The number of furan rings is 1. The first kappa shape index (κ1) is 16.1. The Morgan fingerprint density at radius 3 is 2.83 bits per heavy atom. The molecule has 7 heteroatoms. The second kappa shape index (κ2) is 6.78. The number of aromatic nitrogens is 3. The molecular formula is C16H22N4O2S. The predicted octanol–water partition coefficient (Wildman–Crippen LogP) is 2.92. The van der Waals surface area contributed by atoms with E-state index in [1.807, 2.05) is 31.5 Å². The van der Waals surface area contributed by atoms with Gasteiger partial charge in [-0.2, -0.15) is 0 Å². The number of carbonyl (C=O) groups excluding carboxylic acids is 1. The maximum Gasteiger partial charge on any atom is 0.233 e. The Labute approximate surface area is 140 Å². The molecule has 0 unspecified atom stereocenters. The minimum absolute atomic E-state index is 0.0749. The second-order valence-corrected chi connectivity index (χ2v) is 7.31. The fourth-order valence-electron chi connectivity index (χ4n) is 2.87. The van der Waals surface area contributed by atoms with E-state index < -0.39 is 0 Å². The highest BCUT2D eigenvalue weighted by Crippen LogP contribution is 2.28. The summed E-state index contributed by atoms with van der Waals surface area (Å²) in [7, 11) is 1.91. The van der Waals surface area contributed by atoms with Gasteiger partial charge in [-0.3, -0.25) is 4.79 Å². The normalized spacial score (nSPS) is 16.7. The summed E-state index contributed by atoms with van der Waals surface area (Å²) in [6.45, 7) is 3.81. The highest BCUT2D eigenvalue weighted by Gasteiger charge is 2.23. The molecule has 1 amide bonds. The molecule has 0 aliphatic heterocycles. The van der Waals surface area contributed by atoms with E-state index in [4.69, 9.17) is 4.42 Å². The third kappa shape index (κ3) is 3.44. The van der Waals surface area contributed by atoms with Crippen molar-refractivity contribution in [2.75, 3.05) is 0 Å². The van der Waals surface area contributed by atoms with Gasteiger partial charge in [-0.05, 0) is 32.8 Å². The third-order valence-electron chi connectivity index (χ3n) is 4.29. The van der Waals surface area contributed by atoms with Crippen LogP contribution in [0.25, 0.3) is 11.4 Å². The van der Waals surface area contributed by atoms with Crippen LogP contribution in [0.3, 0.4) is 0 Å². The van der Waals surface area contributed by atoms with Crippen LogP contribution in [-0.4, -0.2) is 32.0 Å². The van der Waals surface area contributed by atoms with Gasteiger partial charge >= 0.3 is 0 Å². The molecule has 0 spiro atoms. The summed E-state index contributed by atoms with van der Waals surface area (Å²) in [5.74, 6) is 1.64. The Bertz CT molecular complexity index is 688. The molecule has 0 bridgehead atoms. The lowest BCUT2D eigenvalue weighted by Gasteiger charge is -2.15. The van der Waals surface area contributed by atoms with Crippen molar-refractivity contribution in [2.45, 2.75) is 56.0 Å². The van der Waals surface area contributed by atoms with Crippen molar-refractivity contribution < 1.29 is 9.21 Å². The van der Waals surface area contributed by atoms with Gasteiger partial charge < -0.3 is 14.3 Å². The summed E-state index contributed by atoms with van der Waals surface area (Å²) < 4.78 is 7.23. The van der Waals surface area contributed by atoms with Crippen LogP contribution >= 0.6 is 11.8 Å². The van der Waals surface area contributed by atoms with Gasteiger partial charge in [0, 0.05) is 13.1 Å².